The van der Waals surface area contributed by atoms with Crippen molar-refractivity contribution in [3.8, 4) is 0 Å². The van der Waals surface area contributed by atoms with Crippen LogP contribution in [0.15, 0.2) is 0 Å². The summed E-state index contributed by atoms with van der Waals surface area (Å²) in [5, 5.41) is 8.21. The van der Waals surface area contributed by atoms with Crippen LogP contribution in [0.25, 0.3) is 0 Å². The van der Waals surface area contributed by atoms with E-state index in [1.807, 2.05) is 0 Å². The van der Waals surface area contributed by atoms with Gasteiger partial charge in [-0.3, -0.25) is 9.59 Å². The van der Waals surface area contributed by atoms with E-state index in [2.05, 4.69) is 9.46 Å². The molecule has 0 aromatic carbocycles. The quantitative estimate of drug-likeness (QED) is 0.673. The Labute approximate surface area is 112 Å². The van der Waals surface area contributed by atoms with Crippen LogP contribution in [0, 0.1) is 5.92 Å². The lowest BCUT2D eigenvalue weighted by Crippen LogP contribution is -2.40. The molecule has 1 saturated carbocycles. The molecule has 7 nitrogen and oxygen atoms in total. The first kappa shape index (κ1) is 15.9. The molecule has 8 heteroatoms. The predicted octanol–water partition coefficient (Wildman–Crippen LogP) is 0.112. The highest BCUT2D eigenvalue weighted by molar-refractivity contribution is 7.90. The first-order chi connectivity index (χ1) is 8.86. The number of carbonyl (C=O) groups is 2. The van der Waals surface area contributed by atoms with Crippen LogP contribution in [0.4, 0.5) is 0 Å². The number of ether oxygens (including phenoxy) is 1. The van der Waals surface area contributed by atoms with Gasteiger partial charge in [-0.25, -0.2) is 13.1 Å². The summed E-state index contributed by atoms with van der Waals surface area (Å²) in [4.78, 5) is 21.9. The topological polar surface area (TPSA) is 110 Å². The molecule has 0 amide bonds. The average molecular weight is 293 g/mol. The Bertz CT molecular complexity index is 424. The molecule has 0 unspecified atom stereocenters. The minimum absolute atomic E-state index is 0.199. The number of sulfonamides is 1. The second-order valence-corrected chi connectivity index (χ2v) is 6.53. The number of hydrogen-bond donors (Lipinski definition) is 2. The van der Waals surface area contributed by atoms with Crippen molar-refractivity contribution < 1.29 is 27.9 Å². The molecule has 1 aliphatic carbocycles. The Balaban J connectivity index is 2.46. The Kier molecular flexibility index (Phi) is 5.74. The summed E-state index contributed by atoms with van der Waals surface area (Å²) >= 11 is 0. The Morgan fingerprint density at radius 2 is 1.84 bits per heavy atom. The van der Waals surface area contributed by atoms with E-state index in [4.69, 9.17) is 5.11 Å². The normalized spacial score (nSPS) is 23.8. The molecular formula is C11H19NO6S. The van der Waals surface area contributed by atoms with Gasteiger partial charge in [0.1, 0.15) is 6.54 Å². The molecule has 0 spiro atoms. The second-order valence-electron chi connectivity index (χ2n) is 4.48. The van der Waals surface area contributed by atoms with Crippen LogP contribution in [0.3, 0.4) is 0 Å². The van der Waals surface area contributed by atoms with Crippen molar-refractivity contribution in [1.29, 1.82) is 0 Å². The van der Waals surface area contributed by atoms with Gasteiger partial charge >= 0.3 is 11.9 Å². The van der Waals surface area contributed by atoms with Crippen LogP contribution < -0.4 is 4.72 Å². The van der Waals surface area contributed by atoms with Crippen molar-refractivity contribution >= 4 is 22.0 Å². The molecule has 0 saturated heterocycles. The maximum absolute atomic E-state index is 11.9. The molecule has 2 N–H and O–H groups in total. The third-order valence-electron chi connectivity index (χ3n) is 3.19. The number of carboxylic acids is 1. The van der Waals surface area contributed by atoms with E-state index in [1.165, 1.54) is 0 Å². The highest BCUT2D eigenvalue weighted by Gasteiger charge is 2.33. The lowest BCUT2D eigenvalue weighted by atomic mass is 9.89. The zero-order valence-electron chi connectivity index (χ0n) is 10.8. The van der Waals surface area contributed by atoms with E-state index in [9.17, 15) is 18.0 Å². The molecule has 1 fully saturated rings. The van der Waals surface area contributed by atoms with E-state index < -0.39 is 33.1 Å². The van der Waals surface area contributed by atoms with Crippen LogP contribution in [0.2, 0.25) is 0 Å². The van der Waals surface area contributed by atoms with Gasteiger partial charge in [0.2, 0.25) is 10.0 Å². The number of rotatable bonds is 6. The van der Waals surface area contributed by atoms with Gasteiger partial charge in [0, 0.05) is 0 Å². The van der Waals surface area contributed by atoms with Gasteiger partial charge in [-0.15, -0.1) is 0 Å². The summed E-state index contributed by atoms with van der Waals surface area (Å²) in [5.74, 6) is -1.96. The molecule has 0 bridgehead atoms. The summed E-state index contributed by atoms with van der Waals surface area (Å²) in [5.41, 5.74) is 0. The summed E-state index contributed by atoms with van der Waals surface area (Å²) in [6.07, 6.45) is 1.30. The van der Waals surface area contributed by atoms with Crippen LogP contribution in [0.5, 0.6) is 0 Å². The molecule has 0 heterocycles. The van der Waals surface area contributed by atoms with Gasteiger partial charge in [0.05, 0.1) is 17.8 Å². The number of carboxylic acid groups (broad SMARTS) is 1. The molecule has 0 aliphatic heterocycles. The smallest absolute Gasteiger partial charge is 0.320 e. The van der Waals surface area contributed by atoms with Gasteiger partial charge in [-0.2, -0.15) is 0 Å². The third-order valence-corrected chi connectivity index (χ3v) is 5.08. The number of nitrogens with one attached hydrogen (secondary N) is 1. The number of hydrogen-bond acceptors (Lipinski definition) is 5. The highest BCUT2D eigenvalue weighted by atomic mass is 32.2. The molecule has 0 aromatic heterocycles. The van der Waals surface area contributed by atoms with Crippen molar-refractivity contribution in [3.05, 3.63) is 0 Å². The zero-order valence-corrected chi connectivity index (χ0v) is 11.6. The van der Waals surface area contributed by atoms with Crippen molar-refractivity contribution in [3.63, 3.8) is 0 Å². The van der Waals surface area contributed by atoms with E-state index in [1.54, 1.807) is 6.92 Å². The van der Waals surface area contributed by atoms with E-state index >= 15 is 0 Å². The molecule has 0 atom stereocenters. The Hall–Kier alpha value is -1.15. The number of aliphatic carboxylic acids is 1. The lowest BCUT2D eigenvalue weighted by Gasteiger charge is -2.25. The largest absolute Gasteiger partial charge is 0.481 e. The predicted molar refractivity (Wildman–Crippen MR) is 66.9 cm³/mol. The minimum Gasteiger partial charge on any atom is -0.481 e. The molecule has 0 aromatic rings. The number of esters is 1. The van der Waals surface area contributed by atoms with Gasteiger partial charge < -0.3 is 9.84 Å². The molecular weight excluding hydrogens is 274 g/mol. The SMILES string of the molecule is CCOC(=O)CNS(=O)(=O)C1CCC(C(=O)O)CC1. The maximum atomic E-state index is 11.9. The molecule has 110 valence electrons. The Morgan fingerprint density at radius 1 is 1.26 bits per heavy atom. The molecule has 1 rings (SSSR count). The summed E-state index contributed by atoms with van der Waals surface area (Å²) < 4.78 is 30.6. The average Bonchev–Trinajstić information content (AvgIpc) is 2.37. The lowest BCUT2D eigenvalue weighted by molar-refractivity contribution is -0.143. The van der Waals surface area contributed by atoms with E-state index in [0.29, 0.717) is 25.7 Å². The summed E-state index contributed by atoms with van der Waals surface area (Å²) in [6, 6.07) is 0. The molecule has 1 aliphatic rings. The first-order valence-electron chi connectivity index (χ1n) is 6.23. The fourth-order valence-corrected chi connectivity index (χ4v) is 3.56. The van der Waals surface area contributed by atoms with Gasteiger partial charge in [-0.05, 0) is 32.6 Å². The zero-order chi connectivity index (χ0) is 14.5. The summed E-state index contributed by atoms with van der Waals surface area (Å²) in [7, 11) is -3.59. The van der Waals surface area contributed by atoms with Crippen molar-refractivity contribution in [2.24, 2.45) is 5.92 Å². The van der Waals surface area contributed by atoms with Crippen molar-refractivity contribution in [2.75, 3.05) is 13.2 Å². The van der Waals surface area contributed by atoms with E-state index in [-0.39, 0.29) is 13.2 Å². The van der Waals surface area contributed by atoms with Crippen LogP contribution in [0.1, 0.15) is 32.6 Å². The van der Waals surface area contributed by atoms with Gasteiger partial charge in [-0.1, -0.05) is 0 Å². The monoisotopic (exact) mass is 293 g/mol. The maximum Gasteiger partial charge on any atom is 0.320 e. The Morgan fingerprint density at radius 3 is 2.32 bits per heavy atom. The second kappa shape index (κ2) is 6.85. The fourth-order valence-electron chi connectivity index (χ4n) is 2.11. The highest BCUT2D eigenvalue weighted by Crippen LogP contribution is 2.28. The van der Waals surface area contributed by atoms with Crippen LogP contribution >= 0.6 is 0 Å². The van der Waals surface area contributed by atoms with E-state index in [0.717, 1.165) is 0 Å². The first-order valence-corrected chi connectivity index (χ1v) is 7.78. The minimum atomic E-state index is -3.59. The van der Waals surface area contributed by atoms with Crippen LogP contribution in [-0.4, -0.2) is 43.9 Å². The van der Waals surface area contributed by atoms with Crippen molar-refractivity contribution in [2.45, 2.75) is 37.9 Å². The van der Waals surface area contributed by atoms with Gasteiger partial charge in [0.15, 0.2) is 0 Å². The van der Waals surface area contributed by atoms with Crippen molar-refractivity contribution in [1.82, 2.24) is 4.72 Å². The number of carbonyl (C=O) groups excluding carboxylic acids is 1. The van der Waals surface area contributed by atoms with Gasteiger partial charge in [0.25, 0.3) is 0 Å². The van der Waals surface area contributed by atoms with Crippen LogP contribution in [-0.2, 0) is 24.3 Å². The molecule has 0 radical (unpaired) electrons. The summed E-state index contributed by atoms with van der Waals surface area (Å²) in [6.45, 7) is 1.46. The standard InChI is InChI=1S/C11H19NO6S/c1-2-18-10(13)7-12-19(16,17)9-5-3-8(4-6-9)11(14)15/h8-9,12H,2-7H2,1H3,(H,14,15). The fraction of sp³-hybridized carbons (Fsp3) is 0.818. The molecule has 19 heavy (non-hydrogen) atoms. The third kappa shape index (κ3) is 4.79.